The van der Waals surface area contributed by atoms with Gasteiger partial charge in [-0.25, -0.2) is 0 Å². The Balaban J connectivity index is 2.68. The van der Waals surface area contributed by atoms with Crippen LogP contribution >= 0.6 is 0 Å². The Morgan fingerprint density at radius 3 is 2.33 bits per heavy atom. The van der Waals surface area contributed by atoms with E-state index in [0.29, 0.717) is 17.2 Å². The van der Waals surface area contributed by atoms with Crippen LogP contribution in [0.15, 0.2) is 24.3 Å². The number of carbonyl (C=O) groups excluding carboxylic acids is 1. The summed E-state index contributed by atoms with van der Waals surface area (Å²) in [5.41, 5.74) is -0.147. The zero-order valence-corrected chi connectivity index (χ0v) is 8.19. The first kappa shape index (κ1) is 11.8. The second-order valence-electron chi connectivity index (χ2n) is 2.62. The summed E-state index contributed by atoms with van der Waals surface area (Å²) in [5.74, 6) is 0. The van der Waals surface area contributed by atoms with E-state index < -0.39 is 11.7 Å². The lowest BCUT2D eigenvalue weighted by Crippen LogP contribution is -2.04. The molecule has 0 aliphatic rings. The third-order valence-electron chi connectivity index (χ3n) is 1.60. The Hall–Kier alpha value is -1.23. The third kappa shape index (κ3) is 3.79. The van der Waals surface area contributed by atoms with Crippen LogP contribution in [0.5, 0.6) is 0 Å². The van der Waals surface area contributed by atoms with Gasteiger partial charge in [0.1, 0.15) is 6.61 Å². The summed E-state index contributed by atoms with van der Waals surface area (Å²) < 4.78 is 41.1. The molecule has 0 saturated carbocycles. The predicted octanol–water partition coefficient (Wildman–Crippen LogP) is 2.29. The van der Waals surface area contributed by atoms with E-state index in [0.717, 1.165) is 12.1 Å². The van der Waals surface area contributed by atoms with Crippen molar-refractivity contribution in [2.24, 2.45) is 0 Å². The van der Waals surface area contributed by atoms with E-state index in [1.807, 2.05) is 0 Å². The van der Waals surface area contributed by atoms with Gasteiger partial charge in [0.2, 0.25) is 0 Å². The molecule has 0 unspecified atom stereocenters. The number of alkyl halides is 3. The van der Waals surface area contributed by atoms with E-state index in [1.54, 1.807) is 0 Å². The monoisotopic (exact) mass is 235 g/mol. The van der Waals surface area contributed by atoms with Gasteiger partial charge in [-0.1, -0.05) is 16.3 Å². The lowest BCUT2D eigenvalue weighted by Gasteiger charge is -2.05. The first-order valence-corrected chi connectivity index (χ1v) is 4.60. The van der Waals surface area contributed by atoms with Crippen molar-refractivity contribution in [2.45, 2.75) is 12.8 Å². The van der Waals surface area contributed by atoms with Crippen LogP contribution < -0.4 is 0 Å². The van der Waals surface area contributed by atoms with E-state index in [9.17, 15) is 18.0 Å². The van der Waals surface area contributed by atoms with Crippen LogP contribution in [0.2, 0.25) is 0 Å². The minimum absolute atomic E-state index is 0.0675. The van der Waals surface area contributed by atoms with Gasteiger partial charge < -0.3 is 0 Å². The molecule has 15 heavy (non-hydrogen) atoms. The van der Waals surface area contributed by atoms with Crippen LogP contribution in [-0.4, -0.2) is 5.23 Å². The van der Waals surface area contributed by atoms with Crippen molar-refractivity contribution >= 4 is 16.9 Å². The van der Waals surface area contributed by atoms with Crippen molar-refractivity contribution in [3.05, 3.63) is 35.4 Å². The highest BCUT2D eigenvalue weighted by atomic mass is 32.2. The van der Waals surface area contributed by atoms with Gasteiger partial charge in [-0.2, -0.15) is 18.0 Å². The van der Waals surface area contributed by atoms with Gasteiger partial charge in [0.25, 0.3) is 0 Å². The molecule has 80 valence electrons. The van der Waals surface area contributed by atoms with Gasteiger partial charge in [-0.05, 0) is 17.7 Å². The fourth-order valence-electron chi connectivity index (χ4n) is 0.912. The largest absolute Gasteiger partial charge is 0.497 e. The molecule has 0 heterocycles. The molecule has 0 aliphatic heterocycles. The fraction of sp³-hybridized carbons (Fsp3) is 0.222. The molecule has 0 atom stereocenters. The SMILES string of the molecule is O=C=[S+]OCc1ccc(C(F)(F)F)cc1. The number of hydrogen-bond donors (Lipinski definition) is 0. The number of halogens is 3. The Morgan fingerprint density at radius 1 is 1.27 bits per heavy atom. The lowest BCUT2D eigenvalue weighted by molar-refractivity contribution is -0.137. The summed E-state index contributed by atoms with van der Waals surface area (Å²) in [6, 6.07) is 4.53. The average molecular weight is 235 g/mol. The Bertz CT molecular complexity index is 366. The molecule has 1 aromatic carbocycles. The second kappa shape index (κ2) is 5.02. The van der Waals surface area contributed by atoms with Gasteiger partial charge in [0.15, 0.2) is 0 Å². The molecule has 1 aromatic rings. The van der Waals surface area contributed by atoms with Crippen LogP contribution in [0.1, 0.15) is 11.1 Å². The zero-order chi connectivity index (χ0) is 11.3. The molecule has 2 nitrogen and oxygen atoms in total. The maximum atomic E-state index is 12.1. The molecule has 0 N–H and O–H groups in total. The van der Waals surface area contributed by atoms with Crippen molar-refractivity contribution in [2.75, 3.05) is 0 Å². The molecule has 1 rings (SSSR count). The molecule has 6 heteroatoms. The molecule has 0 bridgehead atoms. The Kier molecular flexibility index (Phi) is 3.96. The molecule has 0 aliphatic carbocycles. The molecule has 0 amide bonds. The van der Waals surface area contributed by atoms with Crippen LogP contribution in [0.3, 0.4) is 0 Å². The fourth-order valence-corrected chi connectivity index (χ4v) is 1.15. The van der Waals surface area contributed by atoms with Crippen molar-refractivity contribution in [1.29, 1.82) is 0 Å². The lowest BCUT2D eigenvalue weighted by atomic mass is 10.1. The van der Waals surface area contributed by atoms with E-state index >= 15 is 0 Å². The van der Waals surface area contributed by atoms with Gasteiger partial charge >= 0.3 is 23.0 Å². The topological polar surface area (TPSA) is 26.3 Å². The van der Waals surface area contributed by atoms with Crippen LogP contribution in [0, 0.1) is 0 Å². The van der Waals surface area contributed by atoms with E-state index in [2.05, 4.69) is 0 Å². The summed E-state index contributed by atoms with van der Waals surface area (Å²) >= 11 is 0.485. The van der Waals surface area contributed by atoms with Crippen molar-refractivity contribution in [3.8, 4) is 0 Å². The molecular formula is C9H6F3O2S+. The highest BCUT2D eigenvalue weighted by Gasteiger charge is 2.29. The highest BCUT2D eigenvalue weighted by molar-refractivity contribution is 7.71. The standard InChI is InChI=1S/C9H6F3O2S/c10-9(11,12)8-3-1-7(2-4-8)5-14-15-6-13/h1-4H,5H2/q+1. The Morgan fingerprint density at radius 2 is 1.87 bits per heavy atom. The van der Waals surface area contributed by atoms with Crippen LogP contribution in [0.25, 0.3) is 0 Å². The maximum absolute atomic E-state index is 12.1. The molecule has 0 saturated heterocycles. The number of benzene rings is 1. The first-order valence-electron chi connectivity index (χ1n) is 3.86. The minimum Gasteiger partial charge on any atom is -0.166 e. The summed E-state index contributed by atoms with van der Waals surface area (Å²) in [7, 11) is 0. The number of rotatable bonds is 3. The van der Waals surface area contributed by atoms with Gasteiger partial charge in [0, 0.05) is 0 Å². The molecular weight excluding hydrogens is 229 g/mol. The predicted molar refractivity (Wildman–Crippen MR) is 49.3 cm³/mol. The van der Waals surface area contributed by atoms with E-state index in [4.69, 9.17) is 4.18 Å². The summed E-state index contributed by atoms with van der Waals surface area (Å²) in [5, 5.41) is 1.44. The van der Waals surface area contributed by atoms with Crippen LogP contribution in [-0.2, 0) is 33.4 Å². The Labute approximate surface area is 87.8 Å². The van der Waals surface area contributed by atoms with E-state index in [-0.39, 0.29) is 6.61 Å². The quantitative estimate of drug-likeness (QED) is 0.456. The molecule has 0 aromatic heterocycles. The average Bonchev–Trinajstić information content (AvgIpc) is 2.18. The smallest absolute Gasteiger partial charge is 0.166 e. The van der Waals surface area contributed by atoms with Crippen molar-refractivity contribution < 1.29 is 22.1 Å². The molecule has 0 fully saturated rings. The maximum Gasteiger partial charge on any atom is 0.497 e. The third-order valence-corrected chi connectivity index (χ3v) is 1.90. The van der Waals surface area contributed by atoms with Gasteiger partial charge in [0.05, 0.1) is 5.56 Å². The van der Waals surface area contributed by atoms with E-state index in [1.165, 1.54) is 17.4 Å². The second-order valence-corrected chi connectivity index (χ2v) is 3.19. The molecule has 0 radical (unpaired) electrons. The zero-order valence-electron chi connectivity index (χ0n) is 7.38. The minimum atomic E-state index is -4.33. The van der Waals surface area contributed by atoms with Crippen LogP contribution in [0.4, 0.5) is 13.2 Å². The highest BCUT2D eigenvalue weighted by Crippen LogP contribution is 2.29. The van der Waals surface area contributed by atoms with Crippen molar-refractivity contribution in [3.63, 3.8) is 0 Å². The van der Waals surface area contributed by atoms with Gasteiger partial charge in [-0.15, -0.1) is 0 Å². The summed E-state index contributed by atoms with van der Waals surface area (Å²) in [6.07, 6.45) is -4.33. The van der Waals surface area contributed by atoms with Gasteiger partial charge in [-0.3, -0.25) is 0 Å². The molecule has 0 spiro atoms. The summed E-state index contributed by atoms with van der Waals surface area (Å²) in [6.45, 7) is 0.0675. The summed E-state index contributed by atoms with van der Waals surface area (Å²) in [4.78, 5) is 9.74. The normalized spacial score (nSPS) is 10.9. The number of hydrogen-bond acceptors (Lipinski definition) is 2. The first-order chi connectivity index (χ1) is 7.04. The van der Waals surface area contributed by atoms with Crippen molar-refractivity contribution in [1.82, 2.24) is 0 Å².